The molecule has 7 nitrogen and oxygen atoms in total. The van der Waals surface area contributed by atoms with E-state index in [4.69, 9.17) is 11.6 Å². The third kappa shape index (κ3) is 8.79. The molecule has 0 radical (unpaired) electrons. The van der Waals surface area contributed by atoms with E-state index in [2.05, 4.69) is 5.32 Å². The lowest BCUT2D eigenvalue weighted by Gasteiger charge is -2.31. The topological polar surface area (TPSA) is 86.8 Å². The van der Waals surface area contributed by atoms with E-state index in [9.17, 15) is 18.0 Å². The van der Waals surface area contributed by atoms with Gasteiger partial charge in [0, 0.05) is 24.7 Å². The fourth-order valence-corrected chi connectivity index (χ4v) is 4.00. The minimum Gasteiger partial charge on any atom is -0.354 e. The molecule has 1 N–H and O–H groups in total. The Bertz CT molecular complexity index is 1030. The second-order valence-electron chi connectivity index (χ2n) is 8.48. The molecule has 33 heavy (non-hydrogen) atoms. The number of benzene rings is 2. The lowest BCUT2D eigenvalue weighted by Crippen LogP contribution is -2.51. The Hall–Kier alpha value is -2.42. The highest BCUT2D eigenvalue weighted by Gasteiger charge is 2.29. The van der Waals surface area contributed by atoms with E-state index >= 15 is 0 Å². The molecule has 0 aliphatic rings. The van der Waals surface area contributed by atoms with Gasteiger partial charge in [0.05, 0.1) is 12.8 Å². The molecular weight excluding hydrogens is 462 g/mol. The number of hydrogen-bond donors (Lipinski definition) is 1. The van der Waals surface area contributed by atoms with Crippen molar-refractivity contribution in [2.24, 2.45) is 5.92 Å². The first-order chi connectivity index (χ1) is 15.5. The van der Waals surface area contributed by atoms with Crippen LogP contribution in [0.5, 0.6) is 0 Å². The lowest BCUT2D eigenvalue weighted by atomic mass is 10.1. The number of halogens is 1. The number of amides is 2. The van der Waals surface area contributed by atoms with Crippen LogP contribution in [-0.4, -0.2) is 54.8 Å². The molecule has 0 aliphatic carbocycles. The summed E-state index contributed by atoms with van der Waals surface area (Å²) >= 11 is 5.97. The molecule has 0 saturated heterocycles. The number of rotatable bonds is 11. The van der Waals surface area contributed by atoms with Crippen molar-refractivity contribution in [3.63, 3.8) is 0 Å². The van der Waals surface area contributed by atoms with Gasteiger partial charge in [0.25, 0.3) is 0 Å². The van der Waals surface area contributed by atoms with Gasteiger partial charge < -0.3 is 10.2 Å². The van der Waals surface area contributed by atoms with Gasteiger partial charge in [-0.05, 0) is 36.1 Å². The zero-order valence-corrected chi connectivity index (χ0v) is 21.1. The standard InChI is InChI=1S/C24H32ClN3O4S/c1-18(2)14-26-24(30)19(3)28(16-21-10-12-22(25)13-11-21)23(29)17-27(33(4,31)32)15-20-8-6-5-7-9-20/h5-13,18-19H,14-17H2,1-4H3,(H,26,30). The highest BCUT2D eigenvalue weighted by molar-refractivity contribution is 7.88. The highest BCUT2D eigenvalue weighted by Crippen LogP contribution is 2.16. The Morgan fingerprint density at radius 1 is 0.939 bits per heavy atom. The van der Waals surface area contributed by atoms with Crippen LogP contribution in [0.15, 0.2) is 54.6 Å². The second-order valence-corrected chi connectivity index (χ2v) is 10.9. The minimum atomic E-state index is -3.67. The van der Waals surface area contributed by atoms with Crippen LogP contribution in [0.4, 0.5) is 0 Å². The van der Waals surface area contributed by atoms with Crippen LogP contribution >= 0.6 is 11.6 Å². The van der Waals surface area contributed by atoms with Gasteiger partial charge in [-0.1, -0.05) is 67.9 Å². The van der Waals surface area contributed by atoms with Gasteiger partial charge in [0.2, 0.25) is 21.8 Å². The Kier molecular flexibility index (Phi) is 9.88. The van der Waals surface area contributed by atoms with Crippen molar-refractivity contribution in [3.8, 4) is 0 Å². The zero-order chi connectivity index (χ0) is 24.6. The van der Waals surface area contributed by atoms with Gasteiger partial charge >= 0.3 is 0 Å². The van der Waals surface area contributed by atoms with E-state index in [1.165, 1.54) is 4.90 Å². The van der Waals surface area contributed by atoms with Gasteiger partial charge in [-0.2, -0.15) is 4.31 Å². The van der Waals surface area contributed by atoms with Crippen LogP contribution in [0.25, 0.3) is 0 Å². The van der Waals surface area contributed by atoms with Crippen molar-refractivity contribution in [3.05, 3.63) is 70.7 Å². The summed E-state index contributed by atoms with van der Waals surface area (Å²) in [6, 6.07) is 15.3. The summed E-state index contributed by atoms with van der Waals surface area (Å²) < 4.78 is 26.0. The molecule has 0 aliphatic heterocycles. The Labute approximate surface area is 201 Å². The van der Waals surface area contributed by atoms with Crippen LogP contribution in [0.3, 0.4) is 0 Å². The van der Waals surface area contributed by atoms with E-state index in [1.807, 2.05) is 32.0 Å². The van der Waals surface area contributed by atoms with Gasteiger partial charge in [0.1, 0.15) is 6.04 Å². The predicted molar refractivity (Wildman–Crippen MR) is 131 cm³/mol. The van der Waals surface area contributed by atoms with E-state index in [1.54, 1.807) is 43.3 Å². The molecular formula is C24H32ClN3O4S. The number of carbonyl (C=O) groups excluding carboxylic acids is 2. The number of nitrogens with zero attached hydrogens (tertiary/aromatic N) is 2. The van der Waals surface area contributed by atoms with E-state index in [0.717, 1.165) is 21.7 Å². The number of sulfonamides is 1. The molecule has 0 aromatic heterocycles. The third-order valence-corrected chi connectivity index (χ3v) is 6.55. The quantitative estimate of drug-likeness (QED) is 0.520. The van der Waals surface area contributed by atoms with Crippen molar-refractivity contribution < 1.29 is 18.0 Å². The first-order valence-electron chi connectivity index (χ1n) is 10.8. The summed E-state index contributed by atoms with van der Waals surface area (Å²) in [6.07, 6.45) is 1.07. The second kappa shape index (κ2) is 12.2. The molecule has 0 spiro atoms. The Morgan fingerprint density at radius 2 is 1.52 bits per heavy atom. The van der Waals surface area contributed by atoms with Crippen molar-refractivity contribution in [1.29, 1.82) is 0 Å². The smallest absolute Gasteiger partial charge is 0.242 e. The van der Waals surface area contributed by atoms with Crippen molar-refractivity contribution >= 4 is 33.4 Å². The summed E-state index contributed by atoms with van der Waals surface area (Å²) in [4.78, 5) is 27.5. The van der Waals surface area contributed by atoms with Gasteiger partial charge in [-0.25, -0.2) is 8.42 Å². The maximum Gasteiger partial charge on any atom is 0.242 e. The van der Waals surface area contributed by atoms with Crippen molar-refractivity contribution in [1.82, 2.24) is 14.5 Å². The van der Waals surface area contributed by atoms with Crippen molar-refractivity contribution in [2.45, 2.75) is 39.9 Å². The molecule has 0 heterocycles. The summed E-state index contributed by atoms with van der Waals surface area (Å²) in [5, 5.41) is 3.41. The summed E-state index contributed by atoms with van der Waals surface area (Å²) in [7, 11) is -3.67. The molecule has 2 aromatic carbocycles. The van der Waals surface area contributed by atoms with Crippen LogP contribution in [0.2, 0.25) is 5.02 Å². The normalized spacial score (nSPS) is 12.6. The molecule has 1 unspecified atom stereocenters. The summed E-state index contributed by atoms with van der Waals surface area (Å²) in [5.41, 5.74) is 1.55. The van der Waals surface area contributed by atoms with Crippen LogP contribution in [-0.2, 0) is 32.7 Å². The monoisotopic (exact) mass is 493 g/mol. The largest absolute Gasteiger partial charge is 0.354 e. The molecule has 180 valence electrons. The zero-order valence-electron chi connectivity index (χ0n) is 19.5. The van der Waals surface area contributed by atoms with E-state index < -0.39 is 22.0 Å². The molecule has 0 saturated carbocycles. The third-order valence-electron chi connectivity index (χ3n) is 5.10. The minimum absolute atomic E-state index is 0.0636. The Balaban J connectivity index is 2.27. The summed E-state index contributed by atoms with van der Waals surface area (Å²) in [5.74, 6) is -0.494. The fraction of sp³-hybridized carbons (Fsp3) is 0.417. The first kappa shape index (κ1) is 26.8. The average Bonchev–Trinajstić information content (AvgIpc) is 2.76. The fourth-order valence-electron chi connectivity index (χ4n) is 3.14. The van der Waals surface area contributed by atoms with Crippen molar-refractivity contribution in [2.75, 3.05) is 19.3 Å². The average molecular weight is 494 g/mol. The molecule has 0 bridgehead atoms. The summed E-state index contributed by atoms with van der Waals surface area (Å²) in [6.45, 7) is 5.93. The number of carbonyl (C=O) groups is 2. The van der Waals surface area contributed by atoms with Gasteiger partial charge in [-0.3, -0.25) is 9.59 Å². The molecule has 2 rings (SSSR count). The molecule has 2 amide bonds. The van der Waals surface area contributed by atoms with E-state index in [0.29, 0.717) is 11.6 Å². The van der Waals surface area contributed by atoms with Crippen LogP contribution in [0, 0.1) is 5.92 Å². The highest BCUT2D eigenvalue weighted by atomic mass is 35.5. The number of nitrogens with one attached hydrogen (secondary N) is 1. The molecule has 9 heteroatoms. The SMILES string of the molecule is CC(C)CNC(=O)C(C)N(Cc1ccc(Cl)cc1)C(=O)CN(Cc1ccccc1)S(C)(=O)=O. The first-order valence-corrected chi connectivity index (χ1v) is 13.0. The van der Waals surface area contributed by atoms with E-state index in [-0.39, 0.29) is 31.5 Å². The maximum atomic E-state index is 13.4. The predicted octanol–water partition coefficient (Wildman–Crippen LogP) is 3.29. The van der Waals surface area contributed by atoms with Gasteiger partial charge in [0.15, 0.2) is 0 Å². The van der Waals surface area contributed by atoms with Crippen LogP contribution in [0.1, 0.15) is 31.9 Å². The molecule has 1 atom stereocenters. The lowest BCUT2D eigenvalue weighted by molar-refractivity contribution is -0.140. The van der Waals surface area contributed by atoms with Crippen LogP contribution < -0.4 is 5.32 Å². The molecule has 0 fully saturated rings. The maximum absolute atomic E-state index is 13.4. The number of hydrogen-bond acceptors (Lipinski definition) is 4. The molecule has 2 aromatic rings. The Morgan fingerprint density at radius 3 is 2.06 bits per heavy atom. The van der Waals surface area contributed by atoms with Gasteiger partial charge in [-0.15, -0.1) is 0 Å².